The molecule has 0 aliphatic heterocycles. The average Bonchev–Trinajstić information content (AvgIpc) is 3.37. The summed E-state index contributed by atoms with van der Waals surface area (Å²) in [5, 5.41) is 16.7. The number of rotatable bonds is 6. The predicted octanol–water partition coefficient (Wildman–Crippen LogP) is 2.96. The second-order valence-electron chi connectivity index (χ2n) is 7.55. The summed E-state index contributed by atoms with van der Waals surface area (Å²) in [7, 11) is 3.23. The normalized spacial score (nSPS) is 14.6. The van der Waals surface area contributed by atoms with E-state index >= 15 is 0 Å². The second kappa shape index (κ2) is 9.17. The number of hydrogen-bond donors (Lipinski definition) is 0. The lowest BCUT2D eigenvalue weighted by molar-refractivity contribution is 0.282. The fourth-order valence-corrected chi connectivity index (χ4v) is 3.77. The quantitative estimate of drug-likeness (QED) is 0.338. The van der Waals surface area contributed by atoms with Crippen LogP contribution in [0.15, 0.2) is 51.4 Å². The lowest BCUT2D eigenvalue weighted by atomic mass is 10.1. The summed E-state index contributed by atoms with van der Waals surface area (Å²) in [4.78, 5) is 12.3. The third-order valence-electron chi connectivity index (χ3n) is 5.56. The summed E-state index contributed by atoms with van der Waals surface area (Å²) in [6.45, 7) is 4.17. The van der Waals surface area contributed by atoms with Crippen molar-refractivity contribution in [3.63, 3.8) is 0 Å². The first kappa shape index (κ1) is 21.5. The third-order valence-corrected chi connectivity index (χ3v) is 5.56. The highest BCUT2D eigenvalue weighted by atomic mass is 16.5. The van der Waals surface area contributed by atoms with Gasteiger partial charge < -0.3 is 9.47 Å². The van der Waals surface area contributed by atoms with E-state index in [9.17, 15) is 4.79 Å². The van der Waals surface area contributed by atoms with Crippen LogP contribution in [-0.2, 0) is 24.8 Å². The molecule has 0 saturated carbocycles. The number of nitrogens with zero attached hydrogens (tertiary/aromatic N) is 6. The van der Waals surface area contributed by atoms with Gasteiger partial charge >= 0.3 is 5.69 Å². The van der Waals surface area contributed by atoms with Crippen LogP contribution in [0.25, 0.3) is 5.69 Å². The summed E-state index contributed by atoms with van der Waals surface area (Å²) in [6.07, 6.45) is 2.32. The molecule has 1 heterocycles. The highest BCUT2D eigenvalue weighted by Crippen LogP contribution is 2.31. The van der Waals surface area contributed by atoms with Crippen molar-refractivity contribution in [2.45, 2.75) is 39.7 Å². The molecule has 0 atom stereocenters. The van der Waals surface area contributed by atoms with Gasteiger partial charge in [-0.05, 0) is 53.5 Å². The van der Waals surface area contributed by atoms with Crippen LogP contribution in [0, 0.1) is 6.92 Å². The zero-order chi connectivity index (χ0) is 22.7. The molecule has 0 spiro atoms. The minimum absolute atomic E-state index is 0.239. The zero-order valence-corrected chi connectivity index (χ0v) is 18.7. The fraction of sp³-hybridized carbons (Fsp3) is 0.348. The molecule has 1 aromatic heterocycles. The number of methoxy groups -OCH3 is 1. The van der Waals surface area contributed by atoms with Crippen molar-refractivity contribution in [3.05, 3.63) is 69.1 Å². The summed E-state index contributed by atoms with van der Waals surface area (Å²) >= 11 is 0. The molecule has 4 rings (SSSR count). The van der Waals surface area contributed by atoms with E-state index in [1.54, 1.807) is 14.2 Å². The maximum atomic E-state index is 12.3. The van der Waals surface area contributed by atoms with E-state index in [2.05, 4.69) is 26.7 Å². The average molecular weight is 435 g/mol. The highest BCUT2D eigenvalue weighted by Gasteiger charge is 2.22. The third kappa shape index (κ3) is 4.05. The van der Waals surface area contributed by atoms with Crippen molar-refractivity contribution in [1.82, 2.24) is 19.8 Å². The minimum atomic E-state index is -0.318. The summed E-state index contributed by atoms with van der Waals surface area (Å²) in [5.41, 5.74) is 5.29. The molecule has 0 N–H and O–H groups in total. The zero-order valence-electron chi connectivity index (χ0n) is 18.7. The number of hydrogen-bond acceptors (Lipinski definition) is 7. The first-order valence-electron chi connectivity index (χ1n) is 10.5. The van der Waals surface area contributed by atoms with Crippen LogP contribution in [0.5, 0.6) is 5.75 Å². The second-order valence-corrected chi connectivity index (χ2v) is 7.55. The van der Waals surface area contributed by atoms with Crippen LogP contribution in [0.2, 0.25) is 0 Å². The lowest BCUT2D eigenvalue weighted by Gasteiger charge is -2.13. The molecule has 2 aromatic carbocycles. The Bertz CT molecular complexity index is 1250. The Morgan fingerprint density at radius 1 is 1.16 bits per heavy atom. The Hall–Kier alpha value is -3.75. The molecule has 32 heavy (non-hydrogen) atoms. The standard InChI is InChI=1S/C23H26N6O3/c1-5-21(25-24-18-13-12-16-9-7-11-20(31-4)22(16)18)32-14-17-15(2)8-6-10-19(17)29-23(30)28(3)26-27-29/h6-11H,5,12-14H2,1-4H3/b24-18-,25-21-. The highest BCUT2D eigenvalue weighted by molar-refractivity contribution is 6.06. The lowest BCUT2D eigenvalue weighted by Crippen LogP contribution is -2.23. The summed E-state index contributed by atoms with van der Waals surface area (Å²) < 4.78 is 14.0. The predicted molar refractivity (Wildman–Crippen MR) is 122 cm³/mol. The van der Waals surface area contributed by atoms with Crippen LogP contribution >= 0.6 is 0 Å². The van der Waals surface area contributed by atoms with Gasteiger partial charge in [0.2, 0.25) is 5.90 Å². The molecule has 0 amide bonds. The van der Waals surface area contributed by atoms with Crippen LogP contribution < -0.4 is 10.4 Å². The molecule has 9 heteroatoms. The Morgan fingerprint density at radius 2 is 1.97 bits per heavy atom. The van der Waals surface area contributed by atoms with E-state index in [-0.39, 0.29) is 12.3 Å². The maximum Gasteiger partial charge on any atom is 0.368 e. The maximum absolute atomic E-state index is 12.3. The van der Waals surface area contributed by atoms with Gasteiger partial charge in [0, 0.05) is 24.6 Å². The smallest absolute Gasteiger partial charge is 0.368 e. The van der Waals surface area contributed by atoms with Crippen molar-refractivity contribution in [2.75, 3.05) is 7.11 Å². The molecule has 0 unspecified atom stereocenters. The number of aryl methyl sites for hydroxylation is 3. The van der Waals surface area contributed by atoms with Crippen molar-refractivity contribution in [3.8, 4) is 11.4 Å². The number of aromatic nitrogens is 4. The first-order chi connectivity index (χ1) is 15.5. The van der Waals surface area contributed by atoms with E-state index in [4.69, 9.17) is 9.47 Å². The first-order valence-corrected chi connectivity index (χ1v) is 10.5. The van der Waals surface area contributed by atoms with Crippen LogP contribution in [-0.4, -0.2) is 38.5 Å². The molecular formula is C23H26N6O3. The molecule has 1 aliphatic carbocycles. The van der Waals surface area contributed by atoms with Gasteiger partial charge in [0.05, 0.1) is 18.5 Å². The van der Waals surface area contributed by atoms with Crippen molar-refractivity contribution in [1.29, 1.82) is 0 Å². The van der Waals surface area contributed by atoms with E-state index in [1.165, 1.54) is 14.9 Å². The van der Waals surface area contributed by atoms with Gasteiger partial charge in [-0.1, -0.05) is 31.2 Å². The van der Waals surface area contributed by atoms with Gasteiger partial charge in [0.25, 0.3) is 0 Å². The van der Waals surface area contributed by atoms with Crippen LogP contribution in [0.3, 0.4) is 0 Å². The molecule has 0 saturated heterocycles. The monoisotopic (exact) mass is 434 g/mol. The summed E-state index contributed by atoms with van der Waals surface area (Å²) in [6, 6.07) is 11.7. The van der Waals surface area contributed by atoms with Crippen molar-refractivity contribution in [2.24, 2.45) is 17.3 Å². The van der Waals surface area contributed by atoms with Gasteiger partial charge in [0.1, 0.15) is 12.4 Å². The van der Waals surface area contributed by atoms with E-state index < -0.39 is 0 Å². The Labute approximate surface area is 186 Å². The van der Waals surface area contributed by atoms with Gasteiger partial charge in [0.15, 0.2) is 0 Å². The molecule has 0 fully saturated rings. The van der Waals surface area contributed by atoms with E-state index in [0.717, 1.165) is 41.0 Å². The van der Waals surface area contributed by atoms with Crippen LogP contribution in [0.4, 0.5) is 0 Å². The molecule has 0 radical (unpaired) electrons. The fourth-order valence-electron chi connectivity index (χ4n) is 3.77. The van der Waals surface area contributed by atoms with Gasteiger partial charge in [-0.15, -0.1) is 5.10 Å². The Morgan fingerprint density at radius 3 is 2.69 bits per heavy atom. The molecule has 166 valence electrons. The molecule has 3 aromatic rings. The number of benzene rings is 2. The molecule has 1 aliphatic rings. The number of ether oxygens (including phenoxy) is 2. The Balaban J connectivity index is 1.59. The topological polar surface area (TPSA) is 95.9 Å². The molecule has 9 nitrogen and oxygen atoms in total. The molecular weight excluding hydrogens is 408 g/mol. The largest absolute Gasteiger partial charge is 0.496 e. The number of fused-ring (bicyclic) bond motifs is 1. The Kier molecular flexibility index (Phi) is 6.16. The van der Waals surface area contributed by atoms with Gasteiger partial charge in [-0.25, -0.2) is 4.79 Å². The molecule has 0 bridgehead atoms. The van der Waals surface area contributed by atoms with Crippen molar-refractivity contribution < 1.29 is 9.47 Å². The SMILES string of the molecule is CC/C(=N/N=C1/CCc2cccc(OC)c21)OCc1c(C)cccc1-n1nnn(C)c1=O. The van der Waals surface area contributed by atoms with E-state index in [0.29, 0.717) is 18.0 Å². The minimum Gasteiger partial charge on any atom is -0.496 e. The van der Waals surface area contributed by atoms with E-state index in [1.807, 2.05) is 44.2 Å². The number of tetrazole rings is 1. The van der Waals surface area contributed by atoms with Crippen LogP contribution in [0.1, 0.15) is 42.0 Å². The van der Waals surface area contributed by atoms with Gasteiger partial charge in [-0.2, -0.15) is 14.5 Å². The summed E-state index contributed by atoms with van der Waals surface area (Å²) in [5.74, 6) is 1.33. The van der Waals surface area contributed by atoms with Gasteiger partial charge in [-0.3, -0.25) is 0 Å². The van der Waals surface area contributed by atoms with Crippen molar-refractivity contribution >= 4 is 11.6 Å².